The summed E-state index contributed by atoms with van der Waals surface area (Å²) in [6, 6.07) is -1.09. The highest BCUT2D eigenvalue weighted by Gasteiger charge is 2.44. The number of hydrogen-bond acceptors (Lipinski definition) is 6. The molecule has 1 fully saturated rings. The molecular formula is C18H35NO6. The van der Waals surface area contributed by atoms with E-state index in [0.717, 1.165) is 19.3 Å². The summed E-state index contributed by atoms with van der Waals surface area (Å²) in [5, 5.41) is 41.1. The van der Waals surface area contributed by atoms with Crippen LogP contribution in [0.3, 0.4) is 0 Å². The van der Waals surface area contributed by atoms with E-state index < -0.39 is 37.3 Å². The molecule has 7 nitrogen and oxygen atoms in total. The number of ether oxygens (including phenoxy) is 1. The van der Waals surface area contributed by atoms with E-state index in [2.05, 4.69) is 12.2 Å². The minimum absolute atomic E-state index is 0.288. The van der Waals surface area contributed by atoms with Crippen molar-refractivity contribution in [1.82, 2.24) is 5.32 Å². The van der Waals surface area contributed by atoms with Crippen LogP contribution in [0.2, 0.25) is 0 Å². The molecule has 5 atom stereocenters. The zero-order valence-electron chi connectivity index (χ0n) is 15.3. The zero-order chi connectivity index (χ0) is 18.7. The van der Waals surface area contributed by atoms with Gasteiger partial charge in [-0.2, -0.15) is 0 Å². The van der Waals surface area contributed by atoms with E-state index >= 15 is 0 Å². The Balaban J connectivity index is 2.15. The molecule has 5 unspecified atom stereocenters. The van der Waals surface area contributed by atoms with Crippen LogP contribution in [-0.2, 0) is 9.53 Å². The lowest BCUT2D eigenvalue weighted by Gasteiger charge is -2.40. The molecule has 0 aromatic carbocycles. The summed E-state index contributed by atoms with van der Waals surface area (Å²) in [5.74, 6) is -0.288. The zero-order valence-corrected chi connectivity index (χ0v) is 15.3. The smallest absolute Gasteiger partial charge is 0.220 e. The van der Waals surface area contributed by atoms with Crippen molar-refractivity contribution >= 4 is 5.91 Å². The maximum Gasteiger partial charge on any atom is 0.220 e. The van der Waals surface area contributed by atoms with Gasteiger partial charge in [-0.15, -0.1) is 0 Å². The highest BCUT2D eigenvalue weighted by atomic mass is 16.6. The maximum atomic E-state index is 11.9. The monoisotopic (exact) mass is 361 g/mol. The molecule has 5 N–H and O–H groups in total. The second-order valence-electron chi connectivity index (χ2n) is 6.90. The van der Waals surface area contributed by atoms with Crippen LogP contribution < -0.4 is 5.32 Å². The highest BCUT2D eigenvalue weighted by Crippen LogP contribution is 2.20. The summed E-state index contributed by atoms with van der Waals surface area (Å²) in [6.07, 6.45) is 5.46. The van der Waals surface area contributed by atoms with Gasteiger partial charge in [0, 0.05) is 6.42 Å². The first-order valence-corrected chi connectivity index (χ1v) is 9.61. The van der Waals surface area contributed by atoms with Crippen LogP contribution in [0.5, 0.6) is 0 Å². The number of amides is 1. The lowest BCUT2D eigenvalue weighted by atomic mass is 9.97. The first kappa shape index (κ1) is 22.3. The third kappa shape index (κ3) is 8.00. The van der Waals surface area contributed by atoms with E-state index in [4.69, 9.17) is 9.84 Å². The Morgan fingerprint density at radius 1 is 0.920 bits per heavy atom. The standard InChI is InChI=1S/C18H35NO6/c1-2-3-4-5-6-7-8-9-10-11-14(21)19-15-17(23)16(22)13(12-20)25-18(15)24/h13,15-18,20,22-24H,2-12H2,1H3,(H,19,21). The molecule has 1 amide bonds. The minimum Gasteiger partial charge on any atom is -0.394 e. The summed E-state index contributed by atoms with van der Waals surface area (Å²) >= 11 is 0. The Hall–Kier alpha value is -0.730. The first-order valence-electron chi connectivity index (χ1n) is 9.61. The van der Waals surface area contributed by atoms with Crippen LogP contribution in [0, 0.1) is 0 Å². The second-order valence-corrected chi connectivity index (χ2v) is 6.90. The third-order valence-corrected chi connectivity index (χ3v) is 4.74. The Labute approximate surface area is 150 Å². The SMILES string of the molecule is CCCCCCCCCCCC(=O)NC1C(O)OC(CO)C(O)C1O. The molecule has 1 aliphatic rings. The van der Waals surface area contributed by atoms with Crippen molar-refractivity contribution in [3.8, 4) is 0 Å². The predicted molar refractivity (Wildman–Crippen MR) is 93.8 cm³/mol. The van der Waals surface area contributed by atoms with Gasteiger partial charge in [0.15, 0.2) is 6.29 Å². The van der Waals surface area contributed by atoms with Crippen LogP contribution >= 0.6 is 0 Å². The van der Waals surface area contributed by atoms with Gasteiger partial charge in [-0.3, -0.25) is 4.79 Å². The molecule has 0 spiro atoms. The van der Waals surface area contributed by atoms with Gasteiger partial charge in [0.25, 0.3) is 0 Å². The van der Waals surface area contributed by atoms with Gasteiger partial charge < -0.3 is 30.5 Å². The molecule has 1 heterocycles. The number of nitrogens with one attached hydrogen (secondary N) is 1. The van der Waals surface area contributed by atoms with Crippen LogP contribution in [0.1, 0.15) is 71.1 Å². The van der Waals surface area contributed by atoms with Gasteiger partial charge in [-0.05, 0) is 6.42 Å². The number of hydrogen-bond donors (Lipinski definition) is 5. The summed E-state index contributed by atoms with van der Waals surface area (Å²) in [5.41, 5.74) is 0. The summed E-state index contributed by atoms with van der Waals surface area (Å²) < 4.78 is 5.01. The fraction of sp³-hybridized carbons (Fsp3) is 0.944. The number of carbonyl (C=O) groups excluding carboxylic acids is 1. The quantitative estimate of drug-likeness (QED) is 0.328. The van der Waals surface area contributed by atoms with Crippen molar-refractivity contribution < 1.29 is 30.0 Å². The number of carbonyl (C=O) groups is 1. The first-order chi connectivity index (χ1) is 12.0. The molecule has 0 bridgehead atoms. The summed E-state index contributed by atoms with van der Waals surface area (Å²) in [6.45, 7) is 1.68. The van der Waals surface area contributed by atoms with E-state index in [1.165, 1.54) is 38.5 Å². The van der Waals surface area contributed by atoms with Gasteiger partial charge in [0.05, 0.1) is 6.61 Å². The molecule has 1 saturated heterocycles. The minimum atomic E-state index is -1.46. The molecule has 0 aromatic rings. The van der Waals surface area contributed by atoms with Crippen LogP contribution in [0.4, 0.5) is 0 Å². The van der Waals surface area contributed by atoms with E-state index in [1.807, 2.05) is 0 Å². The third-order valence-electron chi connectivity index (χ3n) is 4.74. The van der Waals surface area contributed by atoms with E-state index in [-0.39, 0.29) is 5.91 Å². The number of rotatable bonds is 12. The highest BCUT2D eigenvalue weighted by molar-refractivity contribution is 5.76. The van der Waals surface area contributed by atoms with E-state index in [0.29, 0.717) is 6.42 Å². The molecule has 148 valence electrons. The molecule has 0 aliphatic carbocycles. The fourth-order valence-corrected chi connectivity index (χ4v) is 3.11. The van der Waals surface area contributed by atoms with Gasteiger partial charge >= 0.3 is 0 Å². The summed E-state index contributed by atoms with van der Waals surface area (Å²) in [7, 11) is 0. The number of aliphatic hydroxyl groups is 4. The molecule has 1 rings (SSSR count). The van der Waals surface area contributed by atoms with Crippen molar-refractivity contribution in [2.24, 2.45) is 0 Å². The van der Waals surface area contributed by atoms with E-state index in [1.54, 1.807) is 0 Å². The topological polar surface area (TPSA) is 119 Å². The van der Waals surface area contributed by atoms with Crippen molar-refractivity contribution in [2.75, 3.05) is 6.61 Å². The van der Waals surface area contributed by atoms with E-state index in [9.17, 15) is 20.1 Å². The second kappa shape index (κ2) is 12.6. The Morgan fingerprint density at radius 2 is 1.48 bits per heavy atom. The molecule has 25 heavy (non-hydrogen) atoms. The Kier molecular flexibility index (Phi) is 11.2. The Bertz CT molecular complexity index is 367. The average molecular weight is 361 g/mol. The van der Waals surface area contributed by atoms with Crippen molar-refractivity contribution in [2.45, 2.75) is 102 Å². The molecule has 0 saturated carbocycles. The molecule has 0 aromatic heterocycles. The average Bonchev–Trinajstić information content (AvgIpc) is 2.60. The molecule has 7 heteroatoms. The van der Waals surface area contributed by atoms with Crippen LogP contribution in [-0.4, -0.2) is 63.6 Å². The lowest BCUT2D eigenvalue weighted by Crippen LogP contribution is -2.64. The van der Waals surface area contributed by atoms with Crippen molar-refractivity contribution in [1.29, 1.82) is 0 Å². The van der Waals surface area contributed by atoms with Crippen molar-refractivity contribution in [3.63, 3.8) is 0 Å². The molecule has 1 aliphatic heterocycles. The Morgan fingerprint density at radius 3 is 2.04 bits per heavy atom. The van der Waals surface area contributed by atoms with Crippen LogP contribution in [0.15, 0.2) is 0 Å². The number of aliphatic hydroxyl groups excluding tert-OH is 4. The predicted octanol–water partition coefficient (Wildman–Crippen LogP) is 0.823. The molecular weight excluding hydrogens is 326 g/mol. The maximum absolute atomic E-state index is 11.9. The summed E-state index contributed by atoms with van der Waals surface area (Å²) in [4.78, 5) is 11.9. The number of unbranched alkanes of at least 4 members (excludes halogenated alkanes) is 8. The fourth-order valence-electron chi connectivity index (χ4n) is 3.11. The van der Waals surface area contributed by atoms with Gasteiger partial charge in [0.1, 0.15) is 24.4 Å². The lowest BCUT2D eigenvalue weighted by molar-refractivity contribution is -0.253. The van der Waals surface area contributed by atoms with Gasteiger partial charge in [-0.1, -0.05) is 58.3 Å². The molecule has 0 radical (unpaired) electrons. The normalized spacial score (nSPS) is 29.6. The van der Waals surface area contributed by atoms with Gasteiger partial charge in [-0.25, -0.2) is 0 Å². The largest absolute Gasteiger partial charge is 0.394 e. The van der Waals surface area contributed by atoms with Crippen LogP contribution in [0.25, 0.3) is 0 Å². The van der Waals surface area contributed by atoms with Gasteiger partial charge in [0.2, 0.25) is 5.91 Å². The van der Waals surface area contributed by atoms with Crippen molar-refractivity contribution in [3.05, 3.63) is 0 Å².